The number of nitrogens with one attached hydrogen (secondary N) is 2. The molecule has 1 atom stereocenters. The summed E-state index contributed by atoms with van der Waals surface area (Å²) in [6.45, 7) is 0.368. The highest BCUT2D eigenvalue weighted by molar-refractivity contribution is 6.01. The molecule has 0 saturated heterocycles. The van der Waals surface area contributed by atoms with Crippen molar-refractivity contribution in [3.63, 3.8) is 0 Å². The fourth-order valence-corrected chi connectivity index (χ4v) is 2.45. The minimum absolute atomic E-state index is 0.156. The number of hydrogen-bond donors (Lipinski definition) is 2. The van der Waals surface area contributed by atoms with E-state index in [1.165, 1.54) is 17.0 Å². The Balaban J connectivity index is 2.07. The lowest BCUT2D eigenvalue weighted by molar-refractivity contribution is -0.124. The smallest absolute Gasteiger partial charge is 0.319 e. The van der Waals surface area contributed by atoms with Gasteiger partial charge in [-0.15, -0.1) is 0 Å². The number of nitrogens with zero attached hydrogens (tertiary/aromatic N) is 1. The van der Waals surface area contributed by atoms with E-state index in [9.17, 15) is 14.0 Å². The van der Waals surface area contributed by atoms with Gasteiger partial charge in [0.05, 0.1) is 23.9 Å². The molecule has 2 N–H and O–H groups in total. The maximum absolute atomic E-state index is 13.3. The number of urea groups is 1. The second kappa shape index (κ2) is 4.08. The first-order valence-electron chi connectivity index (χ1n) is 5.88. The third kappa shape index (κ3) is 1.85. The Bertz CT molecular complexity index is 612. The van der Waals surface area contributed by atoms with E-state index in [0.29, 0.717) is 23.4 Å². The number of halogens is 1. The Morgan fingerprint density at radius 1 is 1.37 bits per heavy atom. The lowest BCUT2D eigenvalue weighted by Crippen LogP contribution is -2.44. The molecular formula is C13H12FN3O2. The molecule has 19 heavy (non-hydrogen) atoms. The van der Waals surface area contributed by atoms with E-state index in [-0.39, 0.29) is 11.9 Å². The van der Waals surface area contributed by atoms with Gasteiger partial charge in [0.15, 0.2) is 0 Å². The van der Waals surface area contributed by atoms with Crippen molar-refractivity contribution in [1.82, 2.24) is 15.5 Å². The third-order valence-corrected chi connectivity index (χ3v) is 3.31. The van der Waals surface area contributed by atoms with Crippen molar-refractivity contribution in [2.75, 3.05) is 13.6 Å². The SMILES string of the molecule is CN1CC2=C(C1=O)[C@@H](c1cccc(F)c1)NC(=O)N2. The van der Waals surface area contributed by atoms with Crippen LogP contribution in [0.15, 0.2) is 35.5 Å². The van der Waals surface area contributed by atoms with Crippen molar-refractivity contribution >= 4 is 11.9 Å². The third-order valence-electron chi connectivity index (χ3n) is 3.31. The van der Waals surface area contributed by atoms with Gasteiger partial charge in [0.1, 0.15) is 5.82 Å². The molecule has 0 fully saturated rings. The van der Waals surface area contributed by atoms with Crippen LogP contribution in [0.25, 0.3) is 0 Å². The normalized spacial score (nSPS) is 22.2. The lowest BCUT2D eigenvalue weighted by Gasteiger charge is -2.25. The zero-order valence-corrected chi connectivity index (χ0v) is 10.2. The summed E-state index contributed by atoms with van der Waals surface area (Å²) in [4.78, 5) is 25.2. The molecule has 0 unspecified atom stereocenters. The number of likely N-dealkylation sites (N-methyl/N-ethyl adjacent to an activating group) is 1. The molecule has 2 heterocycles. The highest BCUT2D eigenvalue weighted by atomic mass is 19.1. The molecule has 0 saturated carbocycles. The topological polar surface area (TPSA) is 61.4 Å². The van der Waals surface area contributed by atoms with Crippen molar-refractivity contribution in [2.24, 2.45) is 0 Å². The molecule has 0 aliphatic carbocycles. The Kier molecular flexibility index (Phi) is 2.51. The lowest BCUT2D eigenvalue weighted by atomic mass is 9.96. The Morgan fingerprint density at radius 2 is 2.16 bits per heavy atom. The Labute approximate surface area is 109 Å². The first-order valence-corrected chi connectivity index (χ1v) is 5.88. The van der Waals surface area contributed by atoms with E-state index in [1.807, 2.05) is 0 Å². The molecule has 5 nitrogen and oxygen atoms in total. The van der Waals surface area contributed by atoms with E-state index in [0.717, 1.165) is 0 Å². The van der Waals surface area contributed by atoms with Gasteiger partial charge in [-0.25, -0.2) is 9.18 Å². The monoisotopic (exact) mass is 261 g/mol. The van der Waals surface area contributed by atoms with Crippen LogP contribution < -0.4 is 10.6 Å². The summed E-state index contributed by atoms with van der Waals surface area (Å²) in [6.07, 6.45) is 0. The first-order chi connectivity index (χ1) is 9.06. The highest BCUT2D eigenvalue weighted by Crippen LogP contribution is 2.31. The number of rotatable bonds is 1. The quantitative estimate of drug-likeness (QED) is 0.789. The van der Waals surface area contributed by atoms with E-state index in [1.54, 1.807) is 19.2 Å². The Morgan fingerprint density at radius 3 is 2.89 bits per heavy atom. The van der Waals surface area contributed by atoms with Crippen molar-refractivity contribution < 1.29 is 14.0 Å². The van der Waals surface area contributed by atoms with Gasteiger partial charge >= 0.3 is 6.03 Å². The van der Waals surface area contributed by atoms with Crippen LogP contribution in [0.1, 0.15) is 11.6 Å². The number of carbonyl (C=O) groups excluding carboxylic acids is 2. The zero-order valence-electron chi connectivity index (χ0n) is 10.2. The van der Waals surface area contributed by atoms with Crippen LogP contribution in [0.3, 0.4) is 0 Å². The van der Waals surface area contributed by atoms with Crippen LogP contribution in [-0.2, 0) is 4.79 Å². The molecule has 3 rings (SSSR count). The predicted octanol–water partition coefficient (Wildman–Crippen LogP) is 0.906. The molecule has 3 amide bonds. The fraction of sp³-hybridized carbons (Fsp3) is 0.231. The van der Waals surface area contributed by atoms with Gasteiger partial charge < -0.3 is 15.5 Å². The van der Waals surface area contributed by atoms with E-state index < -0.39 is 11.9 Å². The summed E-state index contributed by atoms with van der Waals surface area (Å²) in [7, 11) is 1.66. The van der Waals surface area contributed by atoms with Crippen molar-refractivity contribution in [3.05, 3.63) is 46.9 Å². The van der Waals surface area contributed by atoms with Crippen molar-refractivity contribution in [3.8, 4) is 0 Å². The molecular weight excluding hydrogens is 249 g/mol. The molecule has 1 aromatic carbocycles. The minimum Gasteiger partial charge on any atom is -0.336 e. The molecule has 6 heteroatoms. The maximum atomic E-state index is 13.3. The molecule has 98 valence electrons. The summed E-state index contributed by atoms with van der Waals surface area (Å²) in [6, 6.07) is 4.92. The average molecular weight is 261 g/mol. The van der Waals surface area contributed by atoms with Crippen LogP contribution >= 0.6 is 0 Å². The van der Waals surface area contributed by atoms with E-state index >= 15 is 0 Å². The van der Waals surface area contributed by atoms with Crippen LogP contribution in [-0.4, -0.2) is 30.4 Å². The van der Waals surface area contributed by atoms with E-state index in [2.05, 4.69) is 10.6 Å². The number of carbonyl (C=O) groups is 2. The van der Waals surface area contributed by atoms with Gasteiger partial charge in [-0.3, -0.25) is 4.79 Å². The minimum atomic E-state index is -0.600. The molecule has 0 radical (unpaired) electrons. The van der Waals surface area contributed by atoms with Gasteiger partial charge in [0, 0.05) is 7.05 Å². The summed E-state index contributed by atoms with van der Waals surface area (Å²) in [5.74, 6) is -0.553. The molecule has 2 aliphatic rings. The van der Waals surface area contributed by atoms with Crippen molar-refractivity contribution in [2.45, 2.75) is 6.04 Å². The predicted molar refractivity (Wildman–Crippen MR) is 65.5 cm³/mol. The second-order valence-electron chi connectivity index (χ2n) is 4.64. The molecule has 1 aromatic rings. The molecule has 2 aliphatic heterocycles. The number of amides is 3. The van der Waals surface area contributed by atoms with Crippen molar-refractivity contribution in [1.29, 1.82) is 0 Å². The van der Waals surface area contributed by atoms with Crippen LogP contribution in [0.2, 0.25) is 0 Å². The average Bonchev–Trinajstić information content (AvgIpc) is 2.64. The second-order valence-corrected chi connectivity index (χ2v) is 4.64. The van der Waals surface area contributed by atoms with E-state index in [4.69, 9.17) is 0 Å². The summed E-state index contributed by atoms with van der Waals surface area (Å²) >= 11 is 0. The highest BCUT2D eigenvalue weighted by Gasteiger charge is 2.38. The maximum Gasteiger partial charge on any atom is 0.319 e. The van der Waals surface area contributed by atoms with Gasteiger partial charge in [0.2, 0.25) is 0 Å². The summed E-state index contributed by atoms with van der Waals surface area (Å²) < 4.78 is 13.3. The van der Waals surface area contributed by atoms with Crippen LogP contribution in [0.5, 0.6) is 0 Å². The molecule has 0 bridgehead atoms. The van der Waals surface area contributed by atoms with Gasteiger partial charge in [0.25, 0.3) is 5.91 Å². The number of hydrogen-bond acceptors (Lipinski definition) is 2. The summed E-state index contributed by atoms with van der Waals surface area (Å²) in [5, 5.41) is 5.29. The van der Waals surface area contributed by atoms with Gasteiger partial charge in [-0.2, -0.15) is 0 Å². The fourth-order valence-electron chi connectivity index (χ4n) is 2.45. The zero-order chi connectivity index (χ0) is 13.6. The standard InChI is InChI=1S/C13H12FN3O2/c1-17-6-9-10(12(17)18)11(16-13(19)15-9)7-3-2-4-8(14)5-7/h2-5,11H,6H2,1H3,(H2,15,16,19)/t11-/m1/s1. The van der Waals surface area contributed by atoms with Crippen LogP contribution in [0, 0.1) is 5.82 Å². The first kappa shape index (κ1) is 11.7. The largest absolute Gasteiger partial charge is 0.336 e. The Hall–Kier alpha value is -2.37. The molecule has 0 spiro atoms. The number of benzene rings is 1. The van der Waals surface area contributed by atoms with Gasteiger partial charge in [-0.1, -0.05) is 12.1 Å². The van der Waals surface area contributed by atoms with Gasteiger partial charge in [-0.05, 0) is 17.7 Å². The van der Waals surface area contributed by atoms with Crippen LogP contribution in [0.4, 0.5) is 9.18 Å². The molecule has 0 aromatic heterocycles. The summed E-state index contributed by atoms with van der Waals surface area (Å²) in [5.41, 5.74) is 1.63.